The molecule has 5 rings (SSSR count). The third kappa shape index (κ3) is 3.33. The number of nitrogens with two attached hydrogens (primary N) is 2. The van der Waals surface area contributed by atoms with E-state index in [2.05, 4.69) is 31.7 Å². The van der Waals surface area contributed by atoms with Crippen molar-refractivity contribution in [2.45, 2.75) is 49.2 Å². The molecule has 1 aliphatic carbocycles. The second kappa shape index (κ2) is 7.73. The summed E-state index contributed by atoms with van der Waals surface area (Å²) in [6.45, 7) is 3.21. The molecule has 0 radical (unpaired) electrons. The Morgan fingerprint density at radius 3 is 2.77 bits per heavy atom. The molecule has 3 aromatic heterocycles. The first-order chi connectivity index (χ1) is 14.6. The minimum atomic E-state index is 0.380. The second-order valence-corrected chi connectivity index (χ2v) is 8.48. The zero-order valence-corrected chi connectivity index (χ0v) is 17.6. The molecule has 30 heavy (non-hydrogen) atoms. The Balaban J connectivity index is 1.64. The first kappa shape index (κ1) is 19.1. The molecule has 1 aromatic carbocycles. The van der Waals surface area contributed by atoms with Crippen molar-refractivity contribution in [2.75, 3.05) is 12.3 Å². The molecule has 3 heterocycles. The minimum absolute atomic E-state index is 0.380. The van der Waals surface area contributed by atoms with E-state index in [0.29, 0.717) is 30.3 Å². The van der Waals surface area contributed by atoms with Crippen molar-refractivity contribution in [1.29, 1.82) is 0 Å². The Hall–Kier alpha value is -2.91. The van der Waals surface area contributed by atoms with Crippen molar-refractivity contribution in [3.05, 3.63) is 41.5 Å². The smallest absolute Gasteiger partial charge is 0.227 e. The molecule has 4 N–H and O–H groups in total. The standard InChI is InChI=1S/C21H23N7OS/c1-12-10-24-20(29-12)15-8-13-4-2-5-14(13)9-16(15)30-21-27-17-18(23)25-11-26-19(17)28(21)7-3-6-22/h8-11H,2-7,22H2,1H3,(H2,23,25,26). The van der Waals surface area contributed by atoms with Crippen LogP contribution >= 0.6 is 11.8 Å². The lowest BCUT2D eigenvalue weighted by molar-refractivity contribution is 0.541. The maximum absolute atomic E-state index is 6.07. The summed E-state index contributed by atoms with van der Waals surface area (Å²) in [7, 11) is 0. The van der Waals surface area contributed by atoms with Gasteiger partial charge in [0.25, 0.3) is 0 Å². The van der Waals surface area contributed by atoms with Crippen molar-refractivity contribution in [3.8, 4) is 11.5 Å². The largest absolute Gasteiger partial charge is 0.441 e. The summed E-state index contributed by atoms with van der Waals surface area (Å²) in [6, 6.07) is 4.47. The average Bonchev–Trinajstić information content (AvgIpc) is 3.45. The van der Waals surface area contributed by atoms with Gasteiger partial charge in [0, 0.05) is 11.4 Å². The number of imidazole rings is 1. The van der Waals surface area contributed by atoms with Crippen LogP contribution < -0.4 is 11.5 Å². The highest BCUT2D eigenvalue weighted by Gasteiger charge is 2.22. The fraction of sp³-hybridized carbons (Fsp3) is 0.333. The number of aryl methyl sites for hydroxylation is 4. The number of fused-ring (bicyclic) bond motifs is 2. The summed E-state index contributed by atoms with van der Waals surface area (Å²) in [6.07, 6.45) is 7.41. The van der Waals surface area contributed by atoms with Crippen molar-refractivity contribution in [2.24, 2.45) is 5.73 Å². The van der Waals surface area contributed by atoms with Gasteiger partial charge in [-0.05, 0) is 62.4 Å². The number of hydrogen-bond donors (Lipinski definition) is 2. The molecule has 0 atom stereocenters. The number of aromatic nitrogens is 5. The van der Waals surface area contributed by atoms with Gasteiger partial charge in [-0.15, -0.1) is 0 Å². The third-order valence-electron chi connectivity index (χ3n) is 5.36. The van der Waals surface area contributed by atoms with Gasteiger partial charge in [0.1, 0.15) is 12.1 Å². The van der Waals surface area contributed by atoms with E-state index in [1.54, 1.807) is 18.0 Å². The van der Waals surface area contributed by atoms with Crippen LogP contribution in [0.15, 0.2) is 39.1 Å². The molecule has 1 aliphatic rings. The fourth-order valence-electron chi connectivity index (χ4n) is 3.89. The van der Waals surface area contributed by atoms with Crippen LogP contribution in [0.4, 0.5) is 5.82 Å². The van der Waals surface area contributed by atoms with E-state index >= 15 is 0 Å². The van der Waals surface area contributed by atoms with E-state index in [4.69, 9.17) is 20.9 Å². The molecule has 0 fully saturated rings. The number of nitrogens with zero attached hydrogens (tertiary/aromatic N) is 5. The second-order valence-electron chi connectivity index (χ2n) is 7.47. The lowest BCUT2D eigenvalue weighted by atomic mass is 10.1. The molecule has 0 bridgehead atoms. The Bertz CT molecular complexity index is 1230. The van der Waals surface area contributed by atoms with E-state index < -0.39 is 0 Å². The van der Waals surface area contributed by atoms with Crippen LogP contribution in [0.1, 0.15) is 29.7 Å². The number of benzene rings is 1. The molecule has 0 amide bonds. The normalized spacial score (nSPS) is 13.3. The SMILES string of the molecule is Cc1cnc(-c2cc3c(cc2Sc2nc4c(N)ncnc4n2CCCN)CCC3)o1. The summed E-state index contributed by atoms with van der Waals surface area (Å²) in [4.78, 5) is 18.8. The predicted octanol–water partition coefficient (Wildman–Crippen LogP) is 3.36. The Morgan fingerprint density at radius 1 is 1.17 bits per heavy atom. The van der Waals surface area contributed by atoms with Crippen LogP contribution in [0.2, 0.25) is 0 Å². The topological polar surface area (TPSA) is 122 Å². The number of oxazole rings is 1. The zero-order chi connectivity index (χ0) is 20.7. The lowest BCUT2D eigenvalue weighted by Gasteiger charge is -2.12. The zero-order valence-electron chi connectivity index (χ0n) is 16.8. The average molecular weight is 422 g/mol. The Kier molecular flexibility index (Phi) is 4.92. The third-order valence-corrected chi connectivity index (χ3v) is 6.41. The first-order valence-corrected chi connectivity index (χ1v) is 10.9. The van der Waals surface area contributed by atoms with Gasteiger partial charge < -0.3 is 20.5 Å². The van der Waals surface area contributed by atoms with Crippen molar-refractivity contribution in [3.63, 3.8) is 0 Å². The van der Waals surface area contributed by atoms with E-state index in [9.17, 15) is 0 Å². The molecular formula is C21H23N7OS. The summed E-state index contributed by atoms with van der Waals surface area (Å²) in [5.41, 5.74) is 16.9. The highest BCUT2D eigenvalue weighted by molar-refractivity contribution is 7.99. The first-order valence-electron chi connectivity index (χ1n) is 10.1. The van der Waals surface area contributed by atoms with Gasteiger partial charge in [-0.25, -0.2) is 19.9 Å². The quantitative estimate of drug-likeness (QED) is 0.486. The molecular weight excluding hydrogens is 398 g/mol. The van der Waals surface area contributed by atoms with Crippen LogP contribution in [0, 0.1) is 6.92 Å². The van der Waals surface area contributed by atoms with Crippen LogP contribution in [0.25, 0.3) is 22.6 Å². The van der Waals surface area contributed by atoms with Gasteiger partial charge in [0.2, 0.25) is 5.89 Å². The van der Waals surface area contributed by atoms with E-state index in [1.807, 2.05) is 6.92 Å². The Labute approximate surface area is 178 Å². The molecule has 9 heteroatoms. The summed E-state index contributed by atoms with van der Waals surface area (Å²) in [5, 5.41) is 0.813. The van der Waals surface area contributed by atoms with Crippen LogP contribution in [0.3, 0.4) is 0 Å². The van der Waals surface area contributed by atoms with Crippen LogP contribution in [0.5, 0.6) is 0 Å². The maximum Gasteiger partial charge on any atom is 0.227 e. The molecule has 0 saturated heterocycles. The highest BCUT2D eigenvalue weighted by Crippen LogP contribution is 2.40. The van der Waals surface area contributed by atoms with E-state index in [0.717, 1.165) is 46.3 Å². The fourth-order valence-corrected chi connectivity index (χ4v) is 4.97. The predicted molar refractivity (Wildman–Crippen MR) is 116 cm³/mol. The summed E-state index contributed by atoms with van der Waals surface area (Å²) >= 11 is 1.58. The molecule has 4 aromatic rings. The van der Waals surface area contributed by atoms with Gasteiger partial charge in [-0.3, -0.25) is 0 Å². The van der Waals surface area contributed by atoms with Crippen LogP contribution in [-0.2, 0) is 19.4 Å². The number of anilines is 1. The van der Waals surface area contributed by atoms with Gasteiger partial charge in [-0.1, -0.05) is 11.8 Å². The highest BCUT2D eigenvalue weighted by atomic mass is 32.2. The van der Waals surface area contributed by atoms with Crippen LogP contribution in [-0.4, -0.2) is 31.0 Å². The lowest BCUT2D eigenvalue weighted by Crippen LogP contribution is -2.07. The molecule has 0 spiro atoms. The van der Waals surface area contributed by atoms with Crippen molar-refractivity contribution >= 4 is 28.7 Å². The van der Waals surface area contributed by atoms with Gasteiger partial charge in [0.15, 0.2) is 22.1 Å². The monoisotopic (exact) mass is 421 g/mol. The van der Waals surface area contributed by atoms with Gasteiger partial charge >= 0.3 is 0 Å². The van der Waals surface area contributed by atoms with Crippen molar-refractivity contribution in [1.82, 2.24) is 24.5 Å². The molecule has 0 aliphatic heterocycles. The molecule has 0 saturated carbocycles. The van der Waals surface area contributed by atoms with Crippen molar-refractivity contribution < 1.29 is 4.42 Å². The Morgan fingerprint density at radius 2 is 2.00 bits per heavy atom. The van der Waals surface area contributed by atoms with Gasteiger partial charge in [0.05, 0.1) is 11.8 Å². The van der Waals surface area contributed by atoms with E-state index in [-0.39, 0.29) is 0 Å². The molecule has 154 valence electrons. The summed E-state index contributed by atoms with van der Waals surface area (Å²) in [5.74, 6) is 1.80. The van der Waals surface area contributed by atoms with Gasteiger partial charge in [-0.2, -0.15) is 0 Å². The maximum atomic E-state index is 6.07. The minimum Gasteiger partial charge on any atom is -0.441 e. The number of nitrogen functional groups attached to an aromatic ring is 1. The summed E-state index contributed by atoms with van der Waals surface area (Å²) < 4.78 is 7.94. The number of hydrogen-bond acceptors (Lipinski definition) is 8. The van der Waals surface area contributed by atoms with E-state index in [1.165, 1.54) is 23.9 Å². The number of rotatable bonds is 6. The molecule has 8 nitrogen and oxygen atoms in total. The molecule has 0 unspecified atom stereocenters.